The number of unbranched alkanes of at least 4 members (excludes halogenated alkanes) is 1. The van der Waals surface area contributed by atoms with Crippen LogP contribution in [0.5, 0.6) is 0 Å². The number of carbonyl (C=O) groups is 1. The Labute approximate surface area is 68.2 Å². The molecule has 10 heavy (non-hydrogen) atoms. The summed E-state index contributed by atoms with van der Waals surface area (Å²) in [5, 5.41) is 0. The van der Waals surface area contributed by atoms with Gasteiger partial charge in [-0.05, 0) is 6.42 Å². The van der Waals surface area contributed by atoms with Crippen molar-refractivity contribution in [1.29, 1.82) is 0 Å². The fraction of sp³-hybridized carbons (Fsp3) is 0.833. The van der Waals surface area contributed by atoms with E-state index >= 15 is 0 Å². The van der Waals surface area contributed by atoms with Crippen LogP contribution in [0.1, 0.15) is 26.2 Å². The van der Waals surface area contributed by atoms with Crippen LogP contribution in [0.15, 0.2) is 0 Å². The molecule has 1 atom stereocenters. The molecular formula is C6H10BrFO2. The third-order valence-electron chi connectivity index (χ3n) is 1.14. The molecule has 0 radical (unpaired) electrons. The molecule has 0 fully saturated rings. The van der Waals surface area contributed by atoms with Crippen LogP contribution in [0.3, 0.4) is 0 Å². The molecule has 0 N–H and O–H groups in total. The summed E-state index contributed by atoms with van der Waals surface area (Å²) in [6.07, 6.45) is 0.375. The number of halogens is 2. The molecule has 4 heteroatoms. The molecule has 0 spiro atoms. The average molecular weight is 213 g/mol. The van der Waals surface area contributed by atoms with Gasteiger partial charge >= 0.3 is 5.97 Å². The smallest absolute Gasteiger partial charge is 0.352 e. The normalized spacial score (nSPS) is 12.7. The first-order valence-electron chi connectivity index (χ1n) is 3.18. The lowest BCUT2D eigenvalue weighted by Crippen LogP contribution is -2.14. The van der Waals surface area contributed by atoms with E-state index in [0.29, 0.717) is 6.42 Å². The average Bonchev–Trinajstić information content (AvgIpc) is 1.98. The van der Waals surface area contributed by atoms with Gasteiger partial charge in [0.1, 0.15) is 0 Å². The van der Waals surface area contributed by atoms with E-state index in [-0.39, 0.29) is 6.42 Å². The van der Waals surface area contributed by atoms with Gasteiger partial charge < -0.3 is 3.83 Å². The highest BCUT2D eigenvalue weighted by Gasteiger charge is 2.16. The summed E-state index contributed by atoms with van der Waals surface area (Å²) in [6.45, 7) is 1.94. The van der Waals surface area contributed by atoms with E-state index in [1.165, 1.54) is 0 Å². The second kappa shape index (κ2) is 5.65. The summed E-state index contributed by atoms with van der Waals surface area (Å²) in [5.41, 5.74) is 0. The van der Waals surface area contributed by atoms with E-state index in [9.17, 15) is 9.18 Å². The molecule has 0 aliphatic heterocycles. The minimum atomic E-state index is -1.47. The third-order valence-corrected chi connectivity index (χ3v) is 1.46. The van der Waals surface area contributed by atoms with Crippen LogP contribution in [0.25, 0.3) is 0 Å². The summed E-state index contributed by atoms with van der Waals surface area (Å²) in [4.78, 5) is 10.4. The molecule has 0 amide bonds. The molecule has 0 heterocycles. The van der Waals surface area contributed by atoms with Crippen molar-refractivity contribution in [2.24, 2.45) is 0 Å². The maximum Gasteiger partial charge on any atom is 0.352 e. The minimum Gasteiger partial charge on any atom is -0.381 e. The predicted molar refractivity (Wildman–Crippen MR) is 39.4 cm³/mol. The Balaban J connectivity index is 3.41. The SMILES string of the molecule is CCCCC(F)C(=O)OBr. The molecule has 0 aliphatic carbocycles. The van der Waals surface area contributed by atoms with E-state index in [4.69, 9.17) is 0 Å². The van der Waals surface area contributed by atoms with E-state index in [1.807, 2.05) is 6.92 Å². The Kier molecular flexibility index (Phi) is 5.58. The van der Waals surface area contributed by atoms with Gasteiger partial charge in [-0.3, -0.25) is 0 Å². The lowest BCUT2D eigenvalue weighted by Gasteiger charge is -2.01. The van der Waals surface area contributed by atoms with Crippen LogP contribution in [0.2, 0.25) is 0 Å². The summed E-state index contributed by atoms with van der Waals surface area (Å²) in [7, 11) is 0. The van der Waals surface area contributed by atoms with Gasteiger partial charge in [-0.15, -0.1) is 0 Å². The van der Waals surface area contributed by atoms with Crippen molar-refractivity contribution >= 4 is 22.2 Å². The van der Waals surface area contributed by atoms with Gasteiger partial charge in [-0.1, -0.05) is 19.8 Å². The molecule has 0 rings (SSSR count). The highest BCUT2D eigenvalue weighted by Crippen LogP contribution is 2.07. The summed E-state index contributed by atoms with van der Waals surface area (Å²) in [5.74, 6) is -0.839. The Morgan fingerprint density at radius 3 is 2.80 bits per heavy atom. The van der Waals surface area contributed by atoms with Crippen molar-refractivity contribution in [3.63, 3.8) is 0 Å². The topological polar surface area (TPSA) is 26.3 Å². The van der Waals surface area contributed by atoms with E-state index in [1.54, 1.807) is 0 Å². The molecule has 0 bridgehead atoms. The number of hydrogen-bond donors (Lipinski definition) is 0. The predicted octanol–water partition coefficient (Wildman–Crippen LogP) is 2.37. The third kappa shape index (κ3) is 3.82. The molecule has 2 nitrogen and oxygen atoms in total. The van der Waals surface area contributed by atoms with Crippen LogP contribution in [-0.4, -0.2) is 12.1 Å². The van der Waals surface area contributed by atoms with Crippen molar-refractivity contribution < 1.29 is 13.0 Å². The first-order valence-corrected chi connectivity index (χ1v) is 3.83. The first-order chi connectivity index (χ1) is 4.72. The fourth-order valence-corrected chi connectivity index (χ4v) is 0.752. The van der Waals surface area contributed by atoms with Gasteiger partial charge in [0.2, 0.25) is 0 Å². The van der Waals surface area contributed by atoms with Crippen LogP contribution >= 0.6 is 16.3 Å². The van der Waals surface area contributed by atoms with Gasteiger partial charge in [0.25, 0.3) is 0 Å². The van der Waals surface area contributed by atoms with Crippen molar-refractivity contribution in [3.8, 4) is 0 Å². The molecule has 0 saturated heterocycles. The zero-order chi connectivity index (χ0) is 7.98. The maximum atomic E-state index is 12.5. The van der Waals surface area contributed by atoms with Gasteiger partial charge in [0.15, 0.2) is 22.4 Å². The zero-order valence-electron chi connectivity index (χ0n) is 5.77. The number of hydrogen-bond acceptors (Lipinski definition) is 2. The standard InChI is InChI=1S/C6H10BrFO2/c1-2-3-4-5(8)6(9)10-7/h5H,2-4H2,1H3. The van der Waals surface area contributed by atoms with E-state index in [2.05, 4.69) is 20.1 Å². The van der Waals surface area contributed by atoms with Crippen molar-refractivity contribution in [3.05, 3.63) is 0 Å². The maximum absolute atomic E-state index is 12.5. The van der Waals surface area contributed by atoms with Gasteiger partial charge in [-0.2, -0.15) is 0 Å². The summed E-state index contributed by atoms with van der Waals surface area (Å²) < 4.78 is 16.5. The van der Waals surface area contributed by atoms with Crippen LogP contribution in [-0.2, 0) is 8.62 Å². The molecule has 1 unspecified atom stereocenters. The van der Waals surface area contributed by atoms with Crippen LogP contribution in [0, 0.1) is 0 Å². The largest absolute Gasteiger partial charge is 0.381 e. The first kappa shape index (κ1) is 9.88. The van der Waals surface area contributed by atoms with Gasteiger partial charge in [0.05, 0.1) is 0 Å². The Hall–Kier alpha value is -0.120. The Morgan fingerprint density at radius 1 is 1.80 bits per heavy atom. The molecule has 60 valence electrons. The van der Waals surface area contributed by atoms with Gasteiger partial charge in [-0.25, -0.2) is 9.18 Å². The highest BCUT2D eigenvalue weighted by atomic mass is 79.9. The number of carbonyl (C=O) groups excluding carboxylic acids is 1. The summed E-state index contributed by atoms with van der Waals surface area (Å²) in [6, 6.07) is 0. The molecule has 0 aromatic rings. The molecule has 0 aromatic carbocycles. The van der Waals surface area contributed by atoms with Crippen LogP contribution in [0.4, 0.5) is 4.39 Å². The van der Waals surface area contributed by atoms with Crippen molar-refractivity contribution in [1.82, 2.24) is 0 Å². The molecule has 0 aromatic heterocycles. The molecule has 0 saturated carbocycles. The number of rotatable bonds is 4. The quantitative estimate of drug-likeness (QED) is 0.716. The second-order valence-electron chi connectivity index (χ2n) is 2.01. The minimum absolute atomic E-state index is 0.251. The van der Waals surface area contributed by atoms with Crippen molar-refractivity contribution in [2.75, 3.05) is 0 Å². The Morgan fingerprint density at radius 2 is 2.40 bits per heavy atom. The lowest BCUT2D eigenvalue weighted by atomic mass is 10.2. The zero-order valence-corrected chi connectivity index (χ0v) is 7.36. The lowest BCUT2D eigenvalue weighted by molar-refractivity contribution is -0.138. The second-order valence-corrected chi connectivity index (χ2v) is 2.33. The van der Waals surface area contributed by atoms with E-state index < -0.39 is 12.1 Å². The van der Waals surface area contributed by atoms with Crippen LogP contribution < -0.4 is 0 Å². The summed E-state index contributed by atoms with van der Waals surface area (Å²) >= 11 is 2.42. The molecule has 0 aliphatic rings. The van der Waals surface area contributed by atoms with E-state index in [0.717, 1.165) is 6.42 Å². The highest BCUT2D eigenvalue weighted by molar-refractivity contribution is 9.06. The fourth-order valence-electron chi connectivity index (χ4n) is 0.550. The Bertz CT molecular complexity index is 108. The molecular weight excluding hydrogens is 203 g/mol. The van der Waals surface area contributed by atoms with Crippen molar-refractivity contribution in [2.45, 2.75) is 32.4 Å². The monoisotopic (exact) mass is 212 g/mol. The number of alkyl halides is 1. The van der Waals surface area contributed by atoms with Gasteiger partial charge in [0, 0.05) is 0 Å².